The van der Waals surface area contributed by atoms with E-state index in [0.29, 0.717) is 43.5 Å². The molecule has 0 aromatic carbocycles. The van der Waals surface area contributed by atoms with Gasteiger partial charge in [0.15, 0.2) is 0 Å². The minimum absolute atomic E-state index is 0.0512. The highest BCUT2D eigenvalue weighted by atomic mass is 16.1. The van der Waals surface area contributed by atoms with Gasteiger partial charge in [-0.2, -0.15) is 9.97 Å². The number of hydrogen-bond acceptors (Lipinski definition) is 6. The topological polar surface area (TPSA) is 124 Å². The van der Waals surface area contributed by atoms with Crippen molar-refractivity contribution in [3.05, 3.63) is 6.07 Å². The average Bonchev–Trinajstić information content (AvgIpc) is 2.28. The Bertz CT molecular complexity index is 407. The summed E-state index contributed by atoms with van der Waals surface area (Å²) in [6.45, 7) is 1.38. The average molecular weight is 236 g/mol. The van der Waals surface area contributed by atoms with Crippen molar-refractivity contribution in [3.8, 4) is 0 Å². The van der Waals surface area contributed by atoms with E-state index in [1.807, 2.05) is 4.90 Å². The number of nitrogens with zero attached hydrogens (tertiary/aromatic N) is 3. The Morgan fingerprint density at radius 1 is 1.24 bits per heavy atom. The van der Waals surface area contributed by atoms with Crippen molar-refractivity contribution in [2.45, 2.75) is 12.8 Å². The highest BCUT2D eigenvalue weighted by Gasteiger charge is 2.24. The van der Waals surface area contributed by atoms with Crippen molar-refractivity contribution < 1.29 is 4.79 Å². The van der Waals surface area contributed by atoms with Crippen molar-refractivity contribution >= 4 is 23.5 Å². The third-order valence-electron chi connectivity index (χ3n) is 2.93. The molecule has 0 saturated carbocycles. The third-order valence-corrected chi connectivity index (χ3v) is 2.93. The molecule has 1 aromatic rings. The minimum atomic E-state index is -0.238. The van der Waals surface area contributed by atoms with E-state index in [2.05, 4.69) is 9.97 Å². The number of aromatic nitrogens is 2. The van der Waals surface area contributed by atoms with E-state index in [1.54, 1.807) is 0 Å². The summed E-state index contributed by atoms with van der Waals surface area (Å²) < 4.78 is 0. The van der Waals surface area contributed by atoms with Crippen LogP contribution in [0, 0.1) is 5.92 Å². The van der Waals surface area contributed by atoms with Crippen LogP contribution in [0.15, 0.2) is 6.07 Å². The summed E-state index contributed by atoms with van der Waals surface area (Å²) >= 11 is 0. The smallest absolute Gasteiger partial charge is 0.229 e. The van der Waals surface area contributed by atoms with Gasteiger partial charge in [-0.15, -0.1) is 0 Å². The molecule has 1 amide bonds. The molecule has 2 heterocycles. The van der Waals surface area contributed by atoms with Gasteiger partial charge in [0.1, 0.15) is 11.6 Å². The van der Waals surface area contributed by atoms with E-state index >= 15 is 0 Å². The first-order valence-electron chi connectivity index (χ1n) is 5.50. The number of amides is 1. The predicted octanol–water partition coefficient (Wildman–Crippen LogP) is -0.657. The van der Waals surface area contributed by atoms with Crippen molar-refractivity contribution in [1.82, 2.24) is 9.97 Å². The van der Waals surface area contributed by atoms with Crippen LogP contribution in [0.5, 0.6) is 0 Å². The summed E-state index contributed by atoms with van der Waals surface area (Å²) in [4.78, 5) is 21.3. The molecule has 0 unspecified atom stereocenters. The molecule has 1 fully saturated rings. The number of primary amides is 1. The number of carbonyl (C=O) groups excluding carboxylic acids is 1. The van der Waals surface area contributed by atoms with Crippen molar-refractivity contribution in [2.75, 3.05) is 29.5 Å². The lowest BCUT2D eigenvalue weighted by atomic mass is 9.96. The molecule has 0 spiro atoms. The van der Waals surface area contributed by atoms with E-state index in [1.165, 1.54) is 6.07 Å². The van der Waals surface area contributed by atoms with Crippen LogP contribution < -0.4 is 22.1 Å². The van der Waals surface area contributed by atoms with Crippen LogP contribution in [0.1, 0.15) is 12.8 Å². The largest absolute Gasteiger partial charge is 0.383 e. The van der Waals surface area contributed by atoms with Crippen LogP contribution in [0.4, 0.5) is 17.6 Å². The van der Waals surface area contributed by atoms with Crippen LogP contribution in [0.3, 0.4) is 0 Å². The Balaban J connectivity index is 2.07. The first-order chi connectivity index (χ1) is 8.06. The molecule has 1 aromatic heterocycles. The van der Waals surface area contributed by atoms with Crippen molar-refractivity contribution in [1.29, 1.82) is 0 Å². The Kier molecular flexibility index (Phi) is 2.99. The van der Waals surface area contributed by atoms with Gasteiger partial charge in [-0.25, -0.2) is 0 Å². The SMILES string of the molecule is NC(=O)C1CCN(c2nc(N)cc(N)n2)CC1. The molecule has 1 aliphatic rings. The molecule has 7 heteroatoms. The van der Waals surface area contributed by atoms with Crippen LogP contribution in [-0.4, -0.2) is 29.0 Å². The molecule has 0 aliphatic carbocycles. The fourth-order valence-corrected chi connectivity index (χ4v) is 1.98. The molecule has 92 valence electrons. The number of anilines is 3. The van der Waals surface area contributed by atoms with Gasteiger partial charge >= 0.3 is 0 Å². The summed E-state index contributed by atoms with van der Waals surface area (Å²) in [5, 5.41) is 0. The zero-order valence-electron chi connectivity index (χ0n) is 9.47. The summed E-state index contributed by atoms with van der Waals surface area (Å²) in [6, 6.07) is 1.51. The maximum Gasteiger partial charge on any atom is 0.229 e. The Hall–Kier alpha value is -2.05. The van der Waals surface area contributed by atoms with Crippen molar-refractivity contribution in [3.63, 3.8) is 0 Å². The first kappa shape index (κ1) is 11.4. The van der Waals surface area contributed by atoms with Crippen LogP contribution in [0.2, 0.25) is 0 Å². The second-order valence-corrected chi connectivity index (χ2v) is 4.18. The second-order valence-electron chi connectivity index (χ2n) is 4.18. The maximum atomic E-state index is 11.0. The van der Waals surface area contributed by atoms with Gasteiger partial charge in [0.25, 0.3) is 0 Å². The van der Waals surface area contributed by atoms with E-state index in [-0.39, 0.29) is 11.8 Å². The number of rotatable bonds is 2. The molecule has 0 bridgehead atoms. The lowest BCUT2D eigenvalue weighted by Gasteiger charge is -2.30. The molecule has 1 saturated heterocycles. The Morgan fingerprint density at radius 3 is 2.24 bits per heavy atom. The van der Waals surface area contributed by atoms with Crippen LogP contribution in [-0.2, 0) is 4.79 Å². The van der Waals surface area contributed by atoms with Gasteiger partial charge in [0.2, 0.25) is 11.9 Å². The third kappa shape index (κ3) is 2.55. The molecule has 6 N–H and O–H groups in total. The molecular weight excluding hydrogens is 220 g/mol. The summed E-state index contributed by atoms with van der Waals surface area (Å²) in [5.74, 6) is 0.932. The summed E-state index contributed by atoms with van der Waals surface area (Å²) in [6.07, 6.45) is 1.43. The molecule has 17 heavy (non-hydrogen) atoms. The number of nitrogens with two attached hydrogens (primary N) is 3. The van der Waals surface area contributed by atoms with Crippen molar-refractivity contribution in [2.24, 2.45) is 11.7 Å². The standard InChI is InChI=1S/C10H16N6O/c11-7-5-8(12)15-10(14-7)16-3-1-6(2-4-16)9(13)17/h5-6H,1-4H2,(H2,13,17)(H4,11,12,14,15). The Labute approximate surface area is 99.0 Å². The lowest BCUT2D eigenvalue weighted by molar-refractivity contribution is -0.122. The maximum absolute atomic E-state index is 11.0. The molecule has 2 rings (SSSR count). The molecular formula is C10H16N6O. The van der Waals surface area contributed by atoms with Crippen LogP contribution >= 0.6 is 0 Å². The van der Waals surface area contributed by atoms with Gasteiger partial charge in [0.05, 0.1) is 0 Å². The fourth-order valence-electron chi connectivity index (χ4n) is 1.98. The zero-order chi connectivity index (χ0) is 12.4. The van der Waals surface area contributed by atoms with E-state index in [9.17, 15) is 4.79 Å². The number of piperidine rings is 1. The monoisotopic (exact) mass is 236 g/mol. The van der Waals surface area contributed by atoms with Gasteiger partial charge in [-0.05, 0) is 12.8 Å². The fraction of sp³-hybridized carbons (Fsp3) is 0.500. The predicted molar refractivity (Wildman–Crippen MR) is 65.0 cm³/mol. The Morgan fingerprint density at radius 2 is 1.76 bits per heavy atom. The summed E-state index contributed by atoms with van der Waals surface area (Å²) in [7, 11) is 0. The van der Waals surface area contributed by atoms with Gasteiger partial charge in [0, 0.05) is 25.1 Å². The normalized spacial score (nSPS) is 17.1. The second kappa shape index (κ2) is 4.44. The number of hydrogen-bond donors (Lipinski definition) is 3. The number of nitrogen functional groups attached to an aromatic ring is 2. The van der Waals surface area contributed by atoms with Gasteiger partial charge in [-0.1, -0.05) is 0 Å². The van der Waals surface area contributed by atoms with Gasteiger partial charge in [-0.3, -0.25) is 4.79 Å². The summed E-state index contributed by atoms with van der Waals surface area (Å²) in [5.41, 5.74) is 16.5. The van der Waals surface area contributed by atoms with Gasteiger partial charge < -0.3 is 22.1 Å². The highest BCUT2D eigenvalue weighted by molar-refractivity contribution is 5.76. The highest BCUT2D eigenvalue weighted by Crippen LogP contribution is 2.21. The first-order valence-corrected chi connectivity index (χ1v) is 5.50. The van der Waals surface area contributed by atoms with E-state index < -0.39 is 0 Å². The van der Waals surface area contributed by atoms with E-state index in [0.717, 1.165) is 0 Å². The van der Waals surface area contributed by atoms with E-state index in [4.69, 9.17) is 17.2 Å². The molecule has 7 nitrogen and oxygen atoms in total. The molecule has 0 atom stereocenters. The number of carbonyl (C=O) groups is 1. The quantitative estimate of drug-likeness (QED) is 0.626. The minimum Gasteiger partial charge on any atom is -0.383 e. The zero-order valence-corrected chi connectivity index (χ0v) is 9.47. The van der Waals surface area contributed by atoms with Crippen LogP contribution in [0.25, 0.3) is 0 Å². The molecule has 0 radical (unpaired) electrons. The lowest BCUT2D eigenvalue weighted by Crippen LogP contribution is -2.39. The molecule has 1 aliphatic heterocycles.